The summed E-state index contributed by atoms with van der Waals surface area (Å²) >= 11 is 0. The minimum absolute atomic E-state index is 0.267. The number of fused-ring (bicyclic) bond motifs is 1. The third-order valence-corrected chi connectivity index (χ3v) is 6.79. The van der Waals surface area contributed by atoms with Crippen molar-refractivity contribution in [2.24, 2.45) is 11.7 Å². The molecule has 0 aromatic carbocycles. The van der Waals surface area contributed by atoms with Crippen molar-refractivity contribution in [1.82, 2.24) is 26.1 Å². The van der Waals surface area contributed by atoms with Gasteiger partial charge in [0, 0.05) is 56.4 Å². The van der Waals surface area contributed by atoms with Gasteiger partial charge in [-0.1, -0.05) is 6.07 Å². The van der Waals surface area contributed by atoms with Gasteiger partial charge in [-0.2, -0.15) is 0 Å². The molecule has 5 heterocycles. The van der Waals surface area contributed by atoms with E-state index in [0.717, 1.165) is 45.3 Å². The molecule has 0 spiro atoms. The van der Waals surface area contributed by atoms with E-state index in [9.17, 15) is 0 Å². The summed E-state index contributed by atoms with van der Waals surface area (Å²) < 4.78 is 0. The summed E-state index contributed by atoms with van der Waals surface area (Å²) in [4.78, 5) is 11.4. The van der Waals surface area contributed by atoms with Crippen molar-refractivity contribution in [1.29, 1.82) is 0 Å². The van der Waals surface area contributed by atoms with Crippen molar-refractivity contribution in [3.63, 3.8) is 0 Å². The predicted molar refractivity (Wildman–Crippen MR) is 114 cm³/mol. The number of hydrogen-bond acceptors (Lipinski definition) is 7. The fourth-order valence-corrected chi connectivity index (χ4v) is 5.11. The summed E-state index contributed by atoms with van der Waals surface area (Å²) in [6, 6.07) is 7.88. The number of piperidine rings is 1. The van der Waals surface area contributed by atoms with E-state index in [0.29, 0.717) is 24.0 Å². The maximum absolute atomic E-state index is 6.17. The molecular formula is C22H31N7. The van der Waals surface area contributed by atoms with Gasteiger partial charge >= 0.3 is 0 Å². The van der Waals surface area contributed by atoms with Crippen LogP contribution in [0, 0.1) is 5.92 Å². The first-order chi connectivity index (χ1) is 14.3. The molecule has 5 rings (SSSR count). The van der Waals surface area contributed by atoms with Crippen LogP contribution < -0.4 is 26.8 Å². The monoisotopic (exact) mass is 393 g/mol. The lowest BCUT2D eigenvalue weighted by atomic mass is 9.80. The Balaban J connectivity index is 1.34. The summed E-state index contributed by atoms with van der Waals surface area (Å²) in [6.07, 6.45) is 12.2. The van der Waals surface area contributed by atoms with Gasteiger partial charge in [-0.15, -0.1) is 0 Å². The molecule has 0 bridgehead atoms. The largest absolute Gasteiger partial charge is 0.370 e. The molecule has 7 nitrogen and oxygen atoms in total. The Bertz CT molecular complexity index is 814. The summed E-state index contributed by atoms with van der Waals surface area (Å²) in [5, 5.41) is 3.67. The maximum atomic E-state index is 6.17. The Morgan fingerprint density at radius 3 is 2.86 bits per heavy atom. The molecule has 5 unspecified atom stereocenters. The highest BCUT2D eigenvalue weighted by atomic mass is 15.4. The number of pyridine rings is 2. The van der Waals surface area contributed by atoms with Crippen LogP contribution in [0.5, 0.6) is 0 Å². The molecule has 3 saturated heterocycles. The molecule has 5 N–H and O–H groups in total. The Hall–Kier alpha value is -2.06. The van der Waals surface area contributed by atoms with Crippen molar-refractivity contribution in [2.75, 3.05) is 24.5 Å². The van der Waals surface area contributed by atoms with E-state index in [4.69, 9.17) is 5.73 Å². The quantitative estimate of drug-likeness (QED) is 0.630. The van der Waals surface area contributed by atoms with Crippen LogP contribution in [0.4, 0.5) is 5.69 Å². The molecule has 0 aliphatic carbocycles. The van der Waals surface area contributed by atoms with E-state index in [1.165, 1.54) is 16.8 Å². The van der Waals surface area contributed by atoms with Gasteiger partial charge in [0.15, 0.2) is 0 Å². The molecule has 3 aliphatic rings. The maximum Gasteiger partial charge on any atom is 0.0556 e. The smallest absolute Gasteiger partial charge is 0.0556 e. The topological polar surface area (TPSA) is 91.1 Å². The molecule has 0 radical (unpaired) electrons. The number of nitrogens with two attached hydrogens (primary N) is 1. The molecule has 3 aliphatic heterocycles. The first-order valence-electron chi connectivity index (χ1n) is 10.9. The van der Waals surface area contributed by atoms with Crippen LogP contribution in [-0.4, -0.2) is 41.7 Å². The van der Waals surface area contributed by atoms with E-state index in [2.05, 4.69) is 43.2 Å². The van der Waals surface area contributed by atoms with Gasteiger partial charge < -0.3 is 16.0 Å². The standard InChI is InChI=1S/C22H31N7/c23-17-4-2-7-29(8-5-17)18-9-16(12-25-13-18)22-19-10-20(15-3-1-6-24-11-15)26-14-21(19)27-28-22/h1,3,6,9,11-13,17,19-22,26-28H,2,4-5,7-8,10,14,23H2. The minimum Gasteiger partial charge on any atom is -0.370 e. The van der Waals surface area contributed by atoms with Crippen LogP contribution in [0.3, 0.4) is 0 Å². The molecule has 5 atom stereocenters. The van der Waals surface area contributed by atoms with Crippen molar-refractivity contribution in [3.8, 4) is 0 Å². The summed E-state index contributed by atoms with van der Waals surface area (Å²) in [7, 11) is 0. The fraction of sp³-hybridized carbons (Fsp3) is 0.545. The zero-order chi connectivity index (χ0) is 19.6. The summed E-state index contributed by atoms with van der Waals surface area (Å²) in [6.45, 7) is 3.03. The average molecular weight is 394 g/mol. The second kappa shape index (κ2) is 8.36. The van der Waals surface area contributed by atoms with E-state index in [-0.39, 0.29) is 6.04 Å². The lowest BCUT2D eigenvalue weighted by Gasteiger charge is -2.34. The van der Waals surface area contributed by atoms with E-state index in [1.807, 2.05) is 30.9 Å². The van der Waals surface area contributed by atoms with Crippen LogP contribution in [-0.2, 0) is 0 Å². The van der Waals surface area contributed by atoms with Gasteiger partial charge in [-0.3, -0.25) is 15.4 Å². The molecule has 2 aromatic rings. The number of nitrogens with one attached hydrogen (secondary N) is 3. The highest BCUT2D eigenvalue weighted by Crippen LogP contribution is 2.38. The minimum atomic E-state index is 0.267. The third kappa shape index (κ3) is 4.00. The van der Waals surface area contributed by atoms with Gasteiger partial charge in [0.2, 0.25) is 0 Å². The normalized spacial score (nSPS) is 32.6. The molecule has 154 valence electrons. The number of nitrogens with zero attached hydrogens (tertiary/aromatic N) is 3. The predicted octanol–water partition coefficient (Wildman–Crippen LogP) is 1.66. The van der Waals surface area contributed by atoms with Crippen LogP contribution in [0.15, 0.2) is 43.0 Å². The fourth-order valence-electron chi connectivity index (χ4n) is 5.11. The molecule has 2 aromatic heterocycles. The molecule has 0 amide bonds. The lowest BCUT2D eigenvalue weighted by Crippen LogP contribution is -2.46. The average Bonchev–Trinajstić information content (AvgIpc) is 3.07. The molecule has 7 heteroatoms. The molecule has 0 saturated carbocycles. The van der Waals surface area contributed by atoms with E-state index in [1.54, 1.807) is 0 Å². The Kier molecular flexibility index (Phi) is 5.46. The van der Waals surface area contributed by atoms with Gasteiger partial charge in [0.1, 0.15) is 0 Å². The highest BCUT2D eigenvalue weighted by molar-refractivity contribution is 5.47. The number of rotatable bonds is 3. The summed E-state index contributed by atoms with van der Waals surface area (Å²) in [5.74, 6) is 0.510. The lowest BCUT2D eigenvalue weighted by molar-refractivity contribution is 0.266. The number of anilines is 1. The van der Waals surface area contributed by atoms with Gasteiger partial charge in [-0.25, -0.2) is 5.43 Å². The van der Waals surface area contributed by atoms with Gasteiger partial charge in [-0.05, 0) is 54.9 Å². The van der Waals surface area contributed by atoms with Crippen molar-refractivity contribution in [3.05, 3.63) is 54.1 Å². The van der Waals surface area contributed by atoms with Gasteiger partial charge in [0.25, 0.3) is 0 Å². The van der Waals surface area contributed by atoms with Gasteiger partial charge in [0.05, 0.1) is 17.9 Å². The second-order valence-electron chi connectivity index (χ2n) is 8.67. The van der Waals surface area contributed by atoms with Crippen LogP contribution in [0.2, 0.25) is 0 Å². The third-order valence-electron chi connectivity index (χ3n) is 6.79. The first kappa shape index (κ1) is 18.9. The Labute approximate surface area is 172 Å². The highest BCUT2D eigenvalue weighted by Gasteiger charge is 2.41. The SMILES string of the molecule is NC1CCCN(c2cncc(C3NNC4CNC(c5cccnc5)CC43)c2)CC1. The van der Waals surface area contributed by atoms with Crippen molar-refractivity contribution < 1.29 is 0 Å². The number of aromatic nitrogens is 2. The first-order valence-corrected chi connectivity index (χ1v) is 10.9. The van der Waals surface area contributed by atoms with Crippen LogP contribution in [0.25, 0.3) is 0 Å². The second-order valence-corrected chi connectivity index (χ2v) is 8.67. The van der Waals surface area contributed by atoms with Crippen molar-refractivity contribution in [2.45, 2.75) is 49.9 Å². The molecule has 29 heavy (non-hydrogen) atoms. The zero-order valence-corrected chi connectivity index (χ0v) is 16.8. The van der Waals surface area contributed by atoms with E-state index < -0.39 is 0 Å². The molecular weight excluding hydrogens is 362 g/mol. The number of hydrazine groups is 1. The molecule has 3 fully saturated rings. The van der Waals surface area contributed by atoms with Crippen LogP contribution >= 0.6 is 0 Å². The van der Waals surface area contributed by atoms with Crippen molar-refractivity contribution >= 4 is 5.69 Å². The number of hydrogen-bond donors (Lipinski definition) is 4. The Morgan fingerprint density at radius 1 is 1.03 bits per heavy atom. The summed E-state index contributed by atoms with van der Waals surface area (Å²) in [5.41, 5.74) is 17.0. The van der Waals surface area contributed by atoms with Crippen LogP contribution in [0.1, 0.15) is 48.9 Å². The zero-order valence-electron chi connectivity index (χ0n) is 16.8. The Morgan fingerprint density at radius 2 is 1.97 bits per heavy atom. The van der Waals surface area contributed by atoms with E-state index >= 15 is 0 Å².